The first kappa shape index (κ1) is 27.0. The molecule has 1 saturated heterocycles. The van der Waals surface area contributed by atoms with Gasteiger partial charge in [0.15, 0.2) is 0 Å². The van der Waals surface area contributed by atoms with Crippen LogP contribution in [0.15, 0.2) is 53.4 Å². The van der Waals surface area contributed by atoms with Crippen molar-refractivity contribution in [3.8, 4) is 5.75 Å². The Morgan fingerprint density at radius 2 is 1.64 bits per heavy atom. The van der Waals surface area contributed by atoms with E-state index in [1.165, 1.54) is 62.4 Å². The third kappa shape index (κ3) is 5.47. The lowest BCUT2D eigenvalue weighted by molar-refractivity contribution is -0.132. The molecule has 36 heavy (non-hydrogen) atoms. The van der Waals surface area contributed by atoms with Crippen LogP contribution in [0.1, 0.15) is 47.5 Å². The Balaban J connectivity index is 1.98. The largest absolute Gasteiger partial charge is 0.427 e. The molecule has 1 aliphatic rings. The molecule has 10 nitrogen and oxygen atoms in total. The molecule has 1 aliphatic heterocycles. The summed E-state index contributed by atoms with van der Waals surface area (Å²) in [7, 11) is -4.22. The van der Waals surface area contributed by atoms with Crippen LogP contribution in [-0.4, -0.2) is 48.0 Å². The Morgan fingerprint density at radius 3 is 2.14 bits per heavy atom. The molecule has 1 fully saturated rings. The highest BCUT2D eigenvalue weighted by atomic mass is 32.2. The van der Waals surface area contributed by atoms with Gasteiger partial charge in [0.05, 0.1) is 17.0 Å². The number of rotatable bonds is 8. The number of hydrogen-bond donors (Lipinski definition) is 1. The number of hydrogen-bond acceptors (Lipinski definition) is 7. The quantitative estimate of drug-likeness (QED) is 0.325. The van der Waals surface area contributed by atoms with E-state index in [0.717, 1.165) is 9.21 Å². The van der Waals surface area contributed by atoms with E-state index in [1.807, 2.05) is 0 Å². The number of carbonyl (C=O) groups excluding carboxylic acids is 4. The first-order valence-corrected chi connectivity index (χ1v) is 12.8. The molecule has 0 aromatic heterocycles. The van der Waals surface area contributed by atoms with Gasteiger partial charge < -0.3 is 10.1 Å². The van der Waals surface area contributed by atoms with Gasteiger partial charge in [0, 0.05) is 25.1 Å². The zero-order valence-electron chi connectivity index (χ0n) is 20.8. The molecule has 0 spiro atoms. The van der Waals surface area contributed by atoms with Crippen LogP contribution in [0.2, 0.25) is 0 Å². The summed E-state index contributed by atoms with van der Waals surface area (Å²) in [6, 6.07) is 10.2. The van der Waals surface area contributed by atoms with Gasteiger partial charge in [-0.15, -0.1) is 0 Å². The molecule has 0 radical (unpaired) electrons. The van der Waals surface area contributed by atoms with E-state index in [9.17, 15) is 27.6 Å². The number of sulfonamides is 1. The lowest BCUT2D eigenvalue weighted by Crippen LogP contribution is -2.55. The third-order valence-electron chi connectivity index (χ3n) is 5.96. The second kappa shape index (κ2) is 10.2. The molecular formula is C25H29N3O7S. The normalized spacial score (nSPS) is 16.4. The summed E-state index contributed by atoms with van der Waals surface area (Å²) < 4.78 is 33.7. The van der Waals surface area contributed by atoms with Crippen molar-refractivity contribution in [3.63, 3.8) is 0 Å². The predicted molar refractivity (Wildman–Crippen MR) is 133 cm³/mol. The van der Waals surface area contributed by atoms with Crippen molar-refractivity contribution in [2.45, 2.75) is 63.9 Å². The van der Waals surface area contributed by atoms with Crippen LogP contribution in [0.3, 0.4) is 0 Å². The van der Waals surface area contributed by atoms with Crippen molar-refractivity contribution in [1.82, 2.24) is 4.31 Å². The van der Waals surface area contributed by atoms with E-state index < -0.39 is 39.4 Å². The predicted octanol–water partition coefficient (Wildman–Crippen LogP) is 3.08. The second-order valence-corrected chi connectivity index (χ2v) is 10.9. The summed E-state index contributed by atoms with van der Waals surface area (Å²) in [4.78, 5) is 49.8. The summed E-state index contributed by atoms with van der Waals surface area (Å²) in [5.41, 5.74) is -0.321. The SMILES string of the molecule is CCC(C)(C)N(C1CC(=O)N(c2ccc(OC(C)=O)cc2)C1=O)S(=O)(=O)c1ccc(NC(C)=O)cc1. The second-order valence-electron chi connectivity index (χ2n) is 9.05. The molecule has 0 aliphatic carbocycles. The Kier molecular flexibility index (Phi) is 7.65. The number of amides is 3. The summed E-state index contributed by atoms with van der Waals surface area (Å²) in [6.07, 6.45) is 0.0580. The molecule has 1 N–H and O–H groups in total. The lowest BCUT2D eigenvalue weighted by atomic mass is 10.00. The van der Waals surface area contributed by atoms with Gasteiger partial charge in [-0.25, -0.2) is 13.3 Å². The minimum Gasteiger partial charge on any atom is -0.427 e. The molecule has 0 saturated carbocycles. The van der Waals surface area contributed by atoms with E-state index in [-0.39, 0.29) is 28.7 Å². The van der Waals surface area contributed by atoms with Crippen LogP contribution < -0.4 is 15.0 Å². The Morgan fingerprint density at radius 1 is 1.06 bits per heavy atom. The third-order valence-corrected chi connectivity index (χ3v) is 8.09. The molecule has 2 aromatic carbocycles. The van der Waals surface area contributed by atoms with E-state index in [1.54, 1.807) is 20.8 Å². The first-order chi connectivity index (χ1) is 16.8. The maximum absolute atomic E-state index is 13.8. The summed E-state index contributed by atoms with van der Waals surface area (Å²) in [5, 5.41) is 2.58. The van der Waals surface area contributed by atoms with E-state index in [2.05, 4.69) is 5.32 Å². The van der Waals surface area contributed by atoms with Crippen molar-refractivity contribution in [2.24, 2.45) is 0 Å². The highest BCUT2D eigenvalue weighted by molar-refractivity contribution is 7.89. The molecule has 3 rings (SSSR count). The van der Waals surface area contributed by atoms with Crippen molar-refractivity contribution in [2.75, 3.05) is 10.2 Å². The summed E-state index contributed by atoms with van der Waals surface area (Å²) in [6.45, 7) is 7.79. The molecule has 2 aromatic rings. The van der Waals surface area contributed by atoms with Gasteiger partial charge in [0.25, 0.3) is 5.91 Å². The monoisotopic (exact) mass is 515 g/mol. The van der Waals surface area contributed by atoms with Gasteiger partial charge in [-0.2, -0.15) is 4.31 Å². The Labute approximate surface area is 210 Å². The van der Waals surface area contributed by atoms with Gasteiger partial charge in [0.2, 0.25) is 21.8 Å². The maximum Gasteiger partial charge on any atom is 0.308 e. The average Bonchev–Trinajstić information content (AvgIpc) is 3.07. The molecule has 1 atom stereocenters. The minimum absolute atomic E-state index is 0.0671. The molecule has 1 heterocycles. The van der Waals surface area contributed by atoms with Crippen LogP contribution in [0, 0.1) is 0 Å². The highest BCUT2D eigenvalue weighted by Crippen LogP contribution is 2.36. The first-order valence-electron chi connectivity index (χ1n) is 11.4. The van der Waals surface area contributed by atoms with Gasteiger partial charge in [-0.3, -0.25) is 19.2 Å². The zero-order chi connectivity index (χ0) is 26.8. The highest BCUT2D eigenvalue weighted by Gasteiger charge is 2.51. The standard InChI is InChI=1S/C25H29N3O7S/c1-6-25(4,5)28(36(33,34)21-13-7-18(8-14-21)26-16(2)29)22-15-23(31)27(24(22)32)19-9-11-20(12-10-19)35-17(3)30/h7-14,22H,6,15H2,1-5H3,(H,26,29). The molecule has 3 amide bonds. The van der Waals surface area contributed by atoms with Crippen molar-refractivity contribution in [1.29, 1.82) is 0 Å². The fourth-order valence-corrected chi connectivity index (χ4v) is 5.98. The van der Waals surface area contributed by atoms with Gasteiger partial charge >= 0.3 is 5.97 Å². The Bertz CT molecular complexity index is 1290. The van der Waals surface area contributed by atoms with E-state index in [0.29, 0.717) is 12.1 Å². The number of anilines is 2. The number of imide groups is 1. The number of carbonyl (C=O) groups is 4. The van der Waals surface area contributed by atoms with E-state index >= 15 is 0 Å². The van der Waals surface area contributed by atoms with Crippen molar-refractivity contribution < 1.29 is 32.3 Å². The number of ether oxygens (including phenoxy) is 1. The molecule has 192 valence electrons. The van der Waals surface area contributed by atoms with Gasteiger partial charge in [0.1, 0.15) is 11.8 Å². The van der Waals surface area contributed by atoms with Crippen LogP contribution >= 0.6 is 0 Å². The van der Waals surface area contributed by atoms with Crippen LogP contribution in [-0.2, 0) is 29.2 Å². The minimum atomic E-state index is -4.22. The van der Waals surface area contributed by atoms with Crippen molar-refractivity contribution in [3.05, 3.63) is 48.5 Å². The molecule has 1 unspecified atom stereocenters. The smallest absolute Gasteiger partial charge is 0.308 e. The van der Waals surface area contributed by atoms with Crippen LogP contribution in [0.5, 0.6) is 5.75 Å². The molecule has 11 heteroatoms. The number of esters is 1. The maximum atomic E-state index is 13.8. The Hall–Kier alpha value is -3.57. The summed E-state index contributed by atoms with van der Waals surface area (Å²) >= 11 is 0. The fraction of sp³-hybridized carbons (Fsp3) is 0.360. The number of nitrogens with one attached hydrogen (secondary N) is 1. The topological polar surface area (TPSA) is 130 Å². The van der Waals surface area contributed by atoms with Crippen LogP contribution in [0.4, 0.5) is 11.4 Å². The summed E-state index contributed by atoms with van der Waals surface area (Å²) in [5.74, 6) is -1.77. The van der Waals surface area contributed by atoms with E-state index in [4.69, 9.17) is 4.74 Å². The van der Waals surface area contributed by atoms with Gasteiger partial charge in [-0.1, -0.05) is 6.92 Å². The lowest BCUT2D eigenvalue weighted by Gasteiger charge is -2.39. The number of nitrogens with zero attached hydrogens (tertiary/aromatic N) is 2. The molecular weight excluding hydrogens is 486 g/mol. The van der Waals surface area contributed by atoms with Crippen LogP contribution in [0.25, 0.3) is 0 Å². The fourth-order valence-electron chi connectivity index (χ4n) is 4.00. The van der Waals surface area contributed by atoms with Gasteiger partial charge in [-0.05, 0) is 68.8 Å². The zero-order valence-corrected chi connectivity index (χ0v) is 21.6. The number of benzene rings is 2. The molecule has 0 bridgehead atoms. The average molecular weight is 516 g/mol. The van der Waals surface area contributed by atoms with Crippen molar-refractivity contribution >= 4 is 45.1 Å².